The van der Waals surface area contributed by atoms with Gasteiger partial charge in [0.1, 0.15) is 0 Å². The van der Waals surface area contributed by atoms with Crippen LogP contribution >= 0.6 is 0 Å². The zero-order valence-electron chi connectivity index (χ0n) is 17.9. The van der Waals surface area contributed by atoms with Crippen molar-refractivity contribution in [2.45, 2.75) is 24.4 Å². The van der Waals surface area contributed by atoms with Gasteiger partial charge in [0.2, 0.25) is 5.09 Å². The van der Waals surface area contributed by atoms with Crippen molar-refractivity contribution in [3.05, 3.63) is 17.9 Å². The third-order valence-corrected chi connectivity index (χ3v) is 7.81. The predicted octanol–water partition coefficient (Wildman–Crippen LogP) is -0.403. The summed E-state index contributed by atoms with van der Waals surface area (Å²) in [5.41, 5.74) is 0. The summed E-state index contributed by atoms with van der Waals surface area (Å²) < 4.78 is 37.5. The lowest BCUT2D eigenvalue weighted by molar-refractivity contribution is -0.154. The molecule has 3 aliphatic heterocycles. The van der Waals surface area contributed by atoms with Crippen LogP contribution in [0.1, 0.15) is 29.8 Å². The van der Waals surface area contributed by atoms with Gasteiger partial charge in [0.15, 0.2) is 5.76 Å². The first kappa shape index (κ1) is 22.7. The van der Waals surface area contributed by atoms with E-state index in [0.717, 1.165) is 19.3 Å². The number of hydrogen-bond acceptors (Lipinski definition) is 7. The van der Waals surface area contributed by atoms with Crippen molar-refractivity contribution in [1.82, 2.24) is 19.0 Å². The van der Waals surface area contributed by atoms with Crippen molar-refractivity contribution < 1.29 is 32.0 Å². The standard InChI is InChI=1S/C20H28N4O7S/c25-18(16-4-5-17(31-16)32(28,29)24-6-2-1-3-7-24)21-8-10-22(11-9-21)19(26)20(27)23-12-14-30-15-13-23/h4-5H,1-3,6-15H2. The molecule has 0 unspecified atom stereocenters. The molecule has 0 saturated carbocycles. The number of sulfonamides is 1. The topological polar surface area (TPSA) is 121 Å². The molecule has 3 fully saturated rings. The molecule has 3 aliphatic rings. The number of piperidine rings is 1. The lowest BCUT2D eigenvalue weighted by Gasteiger charge is -2.35. The fraction of sp³-hybridized carbons (Fsp3) is 0.650. The predicted molar refractivity (Wildman–Crippen MR) is 111 cm³/mol. The molecule has 1 aromatic heterocycles. The molecule has 0 atom stereocenters. The Labute approximate surface area is 186 Å². The quantitative estimate of drug-likeness (QED) is 0.554. The van der Waals surface area contributed by atoms with Crippen LogP contribution in [0.25, 0.3) is 0 Å². The fourth-order valence-corrected chi connectivity index (χ4v) is 5.54. The molecule has 32 heavy (non-hydrogen) atoms. The first-order valence-electron chi connectivity index (χ1n) is 10.9. The van der Waals surface area contributed by atoms with Gasteiger partial charge in [-0.1, -0.05) is 6.42 Å². The van der Waals surface area contributed by atoms with Gasteiger partial charge >= 0.3 is 11.8 Å². The number of carbonyl (C=O) groups excluding carboxylic acids is 3. The zero-order valence-corrected chi connectivity index (χ0v) is 18.7. The van der Waals surface area contributed by atoms with Gasteiger partial charge in [0.25, 0.3) is 15.9 Å². The monoisotopic (exact) mass is 468 g/mol. The van der Waals surface area contributed by atoms with Crippen LogP contribution in [0.3, 0.4) is 0 Å². The minimum absolute atomic E-state index is 0.0512. The van der Waals surface area contributed by atoms with Gasteiger partial charge in [-0.05, 0) is 25.0 Å². The van der Waals surface area contributed by atoms with E-state index in [1.54, 1.807) is 0 Å². The summed E-state index contributed by atoms with van der Waals surface area (Å²) in [7, 11) is -3.75. The molecule has 4 rings (SSSR count). The number of morpholine rings is 1. The summed E-state index contributed by atoms with van der Waals surface area (Å²) in [6.07, 6.45) is 2.62. The Morgan fingerprint density at radius 2 is 1.28 bits per heavy atom. The number of hydrogen-bond donors (Lipinski definition) is 0. The van der Waals surface area contributed by atoms with E-state index >= 15 is 0 Å². The van der Waals surface area contributed by atoms with E-state index in [0.29, 0.717) is 39.4 Å². The number of nitrogens with zero attached hydrogens (tertiary/aromatic N) is 4. The number of amides is 3. The molecular formula is C20H28N4O7S. The molecule has 0 radical (unpaired) electrons. The molecule has 0 aromatic carbocycles. The second kappa shape index (κ2) is 9.59. The molecule has 176 valence electrons. The van der Waals surface area contributed by atoms with Crippen LogP contribution in [0.15, 0.2) is 21.6 Å². The van der Waals surface area contributed by atoms with Gasteiger partial charge in [-0.25, -0.2) is 8.42 Å². The molecule has 12 heteroatoms. The highest BCUT2D eigenvalue weighted by Crippen LogP contribution is 2.23. The van der Waals surface area contributed by atoms with Crippen LogP contribution in [0.4, 0.5) is 0 Å². The highest BCUT2D eigenvalue weighted by molar-refractivity contribution is 7.89. The smallest absolute Gasteiger partial charge is 0.312 e. The molecule has 4 heterocycles. The minimum Gasteiger partial charge on any atom is -0.438 e. The summed E-state index contributed by atoms with van der Waals surface area (Å²) in [6, 6.07) is 2.69. The maximum Gasteiger partial charge on any atom is 0.312 e. The van der Waals surface area contributed by atoms with Crippen LogP contribution in [0.5, 0.6) is 0 Å². The second-order valence-corrected chi connectivity index (χ2v) is 9.94. The van der Waals surface area contributed by atoms with E-state index in [1.807, 2.05) is 0 Å². The first-order valence-corrected chi connectivity index (χ1v) is 12.4. The SMILES string of the molecule is O=C(C(=O)N1CCN(C(=O)c2ccc(S(=O)(=O)N3CCCCC3)o2)CC1)N1CCOCC1. The van der Waals surface area contributed by atoms with E-state index in [2.05, 4.69) is 0 Å². The Hall–Kier alpha value is -2.44. The molecule has 1 aromatic rings. The molecule has 0 spiro atoms. The number of piperazine rings is 1. The van der Waals surface area contributed by atoms with Gasteiger partial charge in [-0.3, -0.25) is 14.4 Å². The summed E-state index contributed by atoms with van der Waals surface area (Å²) in [6.45, 7) is 3.43. The number of ether oxygens (including phenoxy) is 1. The summed E-state index contributed by atoms with van der Waals surface area (Å²) in [5.74, 6) is -1.61. The molecule has 0 bridgehead atoms. The zero-order chi connectivity index (χ0) is 22.7. The molecule has 3 saturated heterocycles. The molecule has 0 N–H and O–H groups in total. The third kappa shape index (κ3) is 4.66. The van der Waals surface area contributed by atoms with Crippen LogP contribution in [-0.4, -0.2) is 111 Å². The Bertz CT molecular complexity index is 956. The Balaban J connectivity index is 1.34. The lowest BCUT2D eigenvalue weighted by atomic mass is 10.2. The summed E-state index contributed by atoms with van der Waals surface area (Å²) >= 11 is 0. The average Bonchev–Trinajstić information content (AvgIpc) is 3.35. The molecule has 0 aliphatic carbocycles. The van der Waals surface area contributed by atoms with E-state index in [9.17, 15) is 22.8 Å². The van der Waals surface area contributed by atoms with Crippen molar-refractivity contribution in [3.63, 3.8) is 0 Å². The average molecular weight is 469 g/mol. The van der Waals surface area contributed by atoms with Crippen molar-refractivity contribution in [1.29, 1.82) is 0 Å². The van der Waals surface area contributed by atoms with Crippen molar-refractivity contribution >= 4 is 27.7 Å². The first-order chi connectivity index (χ1) is 15.4. The number of furan rings is 1. The Kier molecular flexibility index (Phi) is 6.82. The number of carbonyl (C=O) groups is 3. The van der Waals surface area contributed by atoms with E-state index in [1.165, 1.54) is 31.1 Å². The van der Waals surface area contributed by atoms with E-state index in [4.69, 9.17) is 9.15 Å². The summed E-state index contributed by atoms with van der Waals surface area (Å²) in [5, 5.41) is -0.229. The van der Waals surface area contributed by atoms with Gasteiger partial charge in [0.05, 0.1) is 13.2 Å². The van der Waals surface area contributed by atoms with Crippen LogP contribution in [-0.2, 0) is 24.3 Å². The lowest BCUT2D eigenvalue weighted by Crippen LogP contribution is -2.55. The van der Waals surface area contributed by atoms with Crippen LogP contribution < -0.4 is 0 Å². The third-order valence-electron chi connectivity index (χ3n) is 6.04. The normalized spacial score (nSPS) is 20.9. The van der Waals surface area contributed by atoms with Crippen LogP contribution in [0.2, 0.25) is 0 Å². The Morgan fingerprint density at radius 3 is 1.91 bits per heavy atom. The van der Waals surface area contributed by atoms with E-state index in [-0.39, 0.29) is 37.0 Å². The van der Waals surface area contributed by atoms with E-state index < -0.39 is 27.7 Å². The van der Waals surface area contributed by atoms with Crippen LogP contribution in [0, 0.1) is 0 Å². The highest BCUT2D eigenvalue weighted by atomic mass is 32.2. The molecule has 11 nitrogen and oxygen atoms in total. The fourth-order valence-electron chi connectivity index (χ4n) is 4.11. The van der Waals surface area contributed by atoms with Gasteiger partial charge in [0, 0.05) is 52.4 Å². The summed E-state index contributed by atoms with van der Waals surface area (Å²) in [4.78, 5) is 42.1. The van der Waals surface area contributed by atoms with Gasteiger partial charge in [-0.2, -0.15) is 4.31 Å². The largest absolute Gasteiger partial charge is 0.438 e. The maximum atomic E-state index is 12.8. The van der Waals surface area contributed by atoms with Crippen molar-refractivity contribution in [2.24, 2.45) is 0 Å². The van der Waals surface area contributed by atoms with Gasteiger partial charge < -0.3 is 23.9 Å². The Morgan fingerprint density at radius 1 is 0.719 bits per heavy atom. The highest BCUT2D eigenvalue weighted by Gasteiger charge is 2.34. The minimum atomic E-state index is -3.75. The van der Waals surface area contributed by atoms with Crippen molar-refractivity contribution in [3.8, 4) is 0 Å². The number of rotatable bonds is 3. The van der Waals surface area contributed by atoms with Gasteiger partial charge in [-0.15, -0.1) is 0 Å². The molecular weight excluding hydrogens is 440 g/mol. The molecule has 3 amide bonds. The van der Waals surface area contributed by atoms with Crippen molar-refractivity contribution in [2.75, 3.05) is 65.6 Å². The second-order valence-electron chi connectivity index (χ2n) is 8.07. The maximum absolute atomic E-state index is 12.8.